The number of carbonyl (C=O) groups excluding carboxylic acids is 1. The van der Waals surface area contributed by atoms with Crippen molar-refractivity contribution in [3.8, 4) is 11.4 Å². The number of aromatic nitrogens is 4. The number of hydrogen-bond donors (Lipinski definition) is 1. The van der Waals surface area contributed by atoms with E-state index in [-0.39, 0.29) is 18.0 Å². The van der Waals surface area contributed by atoms with E-state index in [0.717, 1.165) is 11.3 Å². The molecule has 1 N–H and O–H groups in total. The number of amides is 1. The Kier molecular flexibility index (Phi) is 7.07. The minimum absolute atomic E-state index is 0.191. The topological polar surface area (TPSA) is 102 Å². The molecule has 37 heavy (non-hydrogen) atoms. The number of ether oxygens (including phenoxy) is 1. The van der Waals surface area contributed by atoms with Gasteiger partial charge < -0.3 is 15.0 Å². The van der Waals surface area contributed by atoms with Crippen LogP contribution in [0.15, 0.2) is 65.7 Å². The summed E-state index contributed by atoms with van der Waals surface area (Å²) in [5.41, 5.74) is 2.83. The quantitative estimate of drug-likeness (QED) is 0.394. The zero-order chi connectivity index (χ0) is 25.9. The van der Waals surface area contributed by atoms with Gasteiger partial charge in [-0.05, 0) is 48.4 Å². The largest absolute Gasteiger partial charge is 0.497 e. The van der Waals surface area contributed by atoms with E-state index in [2.05, 4.69) is 15.5 Å². The molecule has 2 aromatic carbocycles. The third-order valence-electron chi connectivity index (χ3n) is 6.12. The van der Waals surface area contributed by atoms with Crippen LogP contribution < -0.4 is 15.6 Å². The maximum absolute atomic E-state index is 13.6. The van der Waals surface area contributed by atoms with Crippen molar-refractivity contribution in [2.45, 2.75) is 19.5 Å². The summed E-state index contributed by atoms with van der Waals surface area (Å²) >= 11 is 12.1. The number of carbonyl (C=O) groups is 1. The van der Waals surface area contributed by atoms with Crippen molar-refractivity contribution in [3.63, 3.8) is 0 Å². The number of halogens is 2. The Morgan fingerprint density at radius 2 is 1.89 bits per heavy atom. The molecule has 0 fully saturated rings. The van der Waals surface area contributed by atoms with Crippen molar-refractivity contribution in [3.05, 3.63) is 104 Å². The van der Waals surface area contributed by atoms with Crippen LogP contribution in [-0.2, 0) is 19.5 Å². The van der Waals surface area contributed by atoms with Gasteiger partial charge in [-0.3, -0.25) is 9.59 Å². The first-order valence-corrected chi connectivity index (χ1v) is 12.2. The van der Waals surface area contributed by atoms with E-state index in [4.69, 9.17) is 32.9 Å². The van der Waals surface area contributed by atoms with Gasteiger partial charge in [0.25, 0.3) is 11.5 Å². The highest BCUT2D eigenvalue weighted by Crippen LogP contribution is 2.25. The summed E-state index contributed by atoms with van der Waals surface area (Å²) in [5, 5.41) is 11.7. The van der Waals surface area contributed by atoms with Crippen molar-refractivity contribution in [2.24, 2.45) is 0 Å². The lowest BCUT2D eigenvalue weighted by Gasteiger charge is -2.29. The molecule has 1 aliphatic rings. The summed E-state index contributed by atoms with van der Waals surface area (Å²) in [7, 11) is 1.61. The van der Waals surface area contributed by atoms with E-state index in [1.54, 1.807) is 36.3 Å². The van der Waals surface area contributed by atoms with E-state index in [1.807, 2.05) is 24.3 Å². The first-order valence-electron chi connectivity index (χ1n) is 11.5. The molecule has 0 radical (unpaired) electrons. The predicted molar refractivity (Wildman–Crippen MR) is 141 cm³/mol. The molecular weight excluding hydrogens is 515 g/mol. The van der Waals surface area contributed by atoms with Crippen molar-refractivity contribution in [2.75, 3.05) is 19.0 Å². The van der Waals surface area contributed by atoms with Gasteiger partial charge in [0.15, 0.2) is 0 Å². The summed E-state index contributed by atoms with van der Waals surface area (Å²) in [6, 6.07) is 14.1. The lowest BCUT2D eigenvalue weighted by Crippen LogP contribution is -2.40. The molecule has 1 aliphatic heterocycles. The summed E-state index contributed by atoms with van der Waals surface area (Å²) in [6.45, 7) is 0.978. The fraction of sp³-hybridized carbons (Fsp3) is 0.192. The maximum atomic E-state index is 13.6. The lowest BCUT2D eigenvalue weighted by atomic mass is 10.0. The molecule has 0 aliphatic carbocycles. The van der Waals surface area contributed by atoms with Crippen molar-refractivity contribution >= 4 is 35.1 Å². The number of nitrogens with zero attached hydrogens (tertiary/aromatic N) is 5. The Bertz CT molecular complexity index is 1510. The number of hydrogen-bond acceptors (Lipinski definition) is 7. The molecule has 2 aromatic heterocycles. The highest BCUT2D eigenvalue weighted by atomic mass is 35.5. The van der Waals surface area contributed by atoms with Gasteiger partial charge >= 0.3 is 0 Å². The van der Waals surface area contributed by atoms with Crippen LogP contribution in [0.2, 0.25) is 10.0 Å². The summed E-state index contributed by atoms with van der Waals surface area (Å²) in [6.07, 6.45) is 3.40. The Labute approximate surface area is 222 Å². The number of nitrogens with one attached hydrogen (secondary N) is 1. The van der Waals surface area contributed by atoms with Gasteiger partial charge in [0, 0.05) is 24.2 Å². The molecule has 0 saturated carbocycles. The van der Waals surface area contributed by atoms with Crippen LogP contribution in [0, 0.1) is 0 Å². The van der Waals surface area contributed by atoms with E-state index < -0.39 is 0 Å². The van der Waals surface area contributed by atoms with Gasteiger partial charge in [-0.15, -0.1) is 0 Å². The first kappa shape index (κ1) is 24.7. The maximum Gasteiger partial charge on any atom is 0.263 e. The molecule has 0 atom stereocenters. The minimum atomic E-state index is -0.211. The second-order valence-electron chi connectivity index (χ2n) is 8.41. The van der Waals surface area contributed by atoms with E-state index in [1.165, 1.54) is 17.0 Å². The van der Waals surface area contributed by atoms with Crippen LogP contribution in [0.5, 0.6) is 5.75 Å². The predicted octanol–water partition coefficient (Wildman–Crippen LogP) is 4.15. The summed E-state index contributed by atoms with van der Waals surface area (Å²) in [4.78, 5) is 33.3. The van der Waals surface area contributed by atoms with Crippen molar-refractivity contribution in [1.29, 1.82) is 0 Å². The number of benzene rings is 2. The second-order valence-corrected chi connectivity index (χ2v) is 9.22. The zero-order valence-corrected chi connectivity index (χ0v) is 21.3. The molecule has 4 aromatic rings. The highest BCUT2D eigenvalue weighted by Gasteiger charge is 2.27. The molecule has 0 spiro atoms. The monoisotopic (exact) mass is 536 g/mol. The molecule has 9 nitrogen and oxygen atoms in total. The molecular formula is C26H22Cl2N6O3. The van der Waals surface area contributed by atoms with Crippen LogP contribution in [0.25, 0.3) is 5.69 Å². The number of anilines is 1. The number of rotatable bonds is 6. The molecule has 5 rings (SSSR count). The third-order valence-corrected chi connectivity index (χ3v) is 6.86. The first-order chi connectivity index (χ1) is 17.9. The van der Waals surface area contributed by atoms with Crippen molar-refractivity contribution < 1.29 is 9.53 Å². The van der Waals surface area contributed by atoms with Gasteiger partial charge in [0.2, 0.25) is 5.95 Å². The summed E-state index contributed by atoms with van der Waals surface area (Å²) in [5.74, 6) is 0.889. The zero-order valence-electron chi connectivity index (χ0n) is 19.8. The standard InChI is InChI=1S/C26H22Cl2N6O3/c1-37-19-5-2-16(3-6-19)13-29-26-32-23-15-33(24(35)17-4-7-21(27)22(28)12-17)11-9-20(23)25(36)34(26)18-8-10-30-31-14-18/h2-8,10,12,14H,9,11,13,15H2,1H3,(H,29,32). The van der Waals surface area contributed by atoms with E-state index in [9.17, 15) is 9.59 Å². The fourth-order valence-electron chi connectivity index (χ4n) is 4.17. The fourth-order valence-corrected chi connectivity index (χ4v) is 4.47. The smallest absolute Gasteiger partial charge is 0.263 e. The van der Waals surface area contributed by atoms with Crippen LogP contribution in [-0.4, -0.2) is 44.2 Å². The lowest BCUT2D eigenvalue weighted by molar-refractivity contribution is 0.0731. The van der Waals surface area contributed by atoms with Gasteiger partial charge in [0.05, 0.1) is 47.5 Å². The van der Waals surface area contributed by atoms with Gasteiger partial charge in [-0.2, -0.15) is 10.2 Å². The Morgan fingerprint density at radius 3 is 2.59 bits per heavy atom. The number of fused-ring (bicyclic) bond motifs is 1. The normalized spacial score (nSPS) is 12.7. The molecule has 0 saturated heterocycles. The molecule has 0 unspecified atom stereocenters. The molecule has 188 valence electrons. The van der Waals surface area contributed by atoms with E-state index >= 15 is 0 Å². The van der Waals surface area contributed by atoms with Crippen molar-refractivity contribution in [1.82, 2.24) is 24.6 Å². The third kappa shape index (κ3) is 5.14. The van der Waals surface area contributed by atoms with Crippen LogP contribution in [0.4, 0.5) is 5.95 Å². The highest BCUT2D eigenvalue weighted by molar-refractivity contribution is 6.42. The van der Waals surface area contributed by atoms with Gasteiger partial charge in [-0.1, -0.05) is 35.3 Å². The molecule has 3 heterocycles. The van der Waals surface area contributed by atoms with Crippen LogP contribution in [0.3, 0.4) is 0 Å². The molecule has 0 bridgehead atoms. The van der Waals surface area contributed by atoms with Gasteiger partial charge in [-0.25, -0.2) is 9.55 Å². The number of methoxy groups -OCH3 is 1. The SMILES string of the molecule is COc1ccc(CNc2nc3c(c(=O)n2-c2ccnnc2)CCN(C(=O)c2ccc(Cl)c(Cl)c2)C3)cc1. The Morgan fingerprint density at radius 1 is 1.08 bits per heavy atom. The van der Waals surface area contributed by atoms with Gasteiger partial charge in [0.1, 0.15) is 5.75 Å². The van der Waals surface area contributed by atoms with Crippen LogP contribution in [0.1, 0.15) is 27.2 Å². The average molecular weight is 537 g/mol. The Hall–Kier alpha value is -3.95. The summed E-state index contributed by atoms with van der Waals surface area (Å²) < 4.78 is 6.72. The average Bonchev–Trinajstić information content (AvgIpc) is 2.93. The second kappa shape index (κ2) is 10.6. The minimum Gasteiger partial charge on any atom is -0.497 e. The van der Waals surface area contributed by atoms with E-state index in [0.29, 0.717) is 58.0 Å². The molecule has 1 amide bonds. The molecule has 11 heteroatoms. The van der Waals surface area contributed by atoms with Crippen LogP contribution >= 0.6 is 23.2 Å². The Balaban J connectivity index is 1.48.